The number of hydrogen-bond donors (Lipinski definition) is 3. The number of nitrogens with zero attached hydrogens (tertiary/aromatic N) is 1. The van der Waals surface area contributed by atoms with E-state index < -0.39 is 18.2 Å². The average Bonchev–Trinajstić information content (AvgIpc) is 3.11. The fourth-order valence-corrected chi connectivity index (χ4v) is 5.10. The highest BCUT2D eigenvalue weighted by atomic mass is 19.4. The zero-order valence-electron chi connectivity index (χ0n) is 18.2. The Kier molecular flexibility index (Phi) is 6.28. The van der Waals surface area contributed by atoms with Gasteiger partial charge in [0.1, 0.15) is 11.8 Å². The molecule has 0 aromatic heterocycles. The molecule has 2 saturated heterocycles. The molecule has 4 aliphatic heterocycles. The van der Waals surface area contributed by atoms with Crippen molar-refractivity contribution in [2.24, 2.45) is 0 Å². The Balaban J connectivity index is 0.000000344. The SMILES string of the molecule is O=C(O)C(F)(F)F.O=C1CCC(N2Cc3c(ccc4c3OCCC43CCNCC3)C2=O)C(=O)N1. The second kappa shape index (κ2) is 8.90. The molecule has 1 aromatic rings. The highest BCUT2D eigenvalue weighted by Gasteiger charge is 2.45. The van der Waals surface area contributed by atoms with Crippen molar-refractivity contribution in [2.75, 3.05) is 19.7 Å². The highest BCUT2D eigenvalue weighted by Crippen LogP contribution is 2.48. The van der Waals surface area contributed by atoms with E-state index in [-0.39, 0.29) is 29.6 Å². The number of hydrogen-bond acceptors (Lipinski definition) is 6. The first-order chi connectivity index (χ1) is 16.0. The van der Waals surface area contributed by atoms with Gasteiger partial charge >= 0.3 is 12.1 Å². The molecule has 4 heterocycles. The number of piperidine rings is 2. The van der Waals surface area contributed by atoms with E-state index in [9.17, 15) is 27.6 Å². The van der Waals surface area contributed by atoms with Crippen molar-refractivity contribution < 1.29 is 42.2 Å². The fraction of sp³-hybridized carbons (Fsp3) is 0.545. The van der Waals surface area contributed by atoms with Crippen LogP contribution in [0.3, 0.4) is 0 Å². The van der Waals surface area contributed by atoms with Crippen LogP contribution in [0.1, 0.15) is 53.6 Å². The maximum atomic E-state index is 13.0. The van der Waals surface area contributed by atoms with Crippen LogP contribution in [-0.2, 0) is 26.3 Å². The number of carbonyl (C=O) groups excluding carboxylic acids is 3. The molecule has 5 rings (SSSR count). The Bertz CT molecular complexity index is 1040. The van der Waals surface area contributed by atoms with E-state index >= 15 is 0 Å². The summed E-state index contributed by atoms with van der Waals surface area (Å²) in [5, 5.41) is 12.9. The first-order valence-corrected chi connectivity index (χ1v) is 11.0. The van der Waals surface area contributed by atoms with Gasteiger partial charge in [-0.25, -0.2) is 4.79 Å². The summed E-state index contributed by atoms with van der Waals surface area (Å²) in [6.45, 7) is 3.03. The molecule has 12 heteroatoms. The average molecular weight is 483 g/mol. The standard InChI is InChI=1S/C20H23N3O4.C2HF3O2/c24-16-4-3-15(18(25)22-16)23-11-13-12(19(23)26)1-2-14-17(13)27-10-7-20(14)5-8-21-9-6-20;3-2(4,5)1(6)7/h1-2,15,21H,3-11H2,(H,22,24,25);(H,6,7). The quantitative estimate of drug-likeness (QED) is 0.517. The second-order valence-corrected chi connectivity index (χ2v) is 8.80. The van der Waals surface area contributed by atoms with Gasteiger partial charge in [0.15, 0.2) is 0 Å². The van der Waals surface area contributed by atoms with Crippen molar-refractivity contribution in [3.8, 4) is 5.75 Å². The minimum absolute atomic E-state index is 0.124. The van der Waals surface area contributed by atoms with Gasteiger partial charge in [-0.15, -0.1) is 0 Å². The number of alkyl halides is 3. The molecule has 3 N–H and O–H groups in total. The summed E-state index contributed by atoms with van der Waals surface area (Å²) in [6, 6.07) is 3.38. The third-order valence-corrected chi connectivity index (χ3v) is 6.87. The molecular weight excluding hydrogens is 459 g/mol. The van der Waals surface area contributed by atoms with E-state index in [1.54, 1.807) is 4.90 Å². The maximum Gasteiger partial charge on any atom is 0.490 e. The number of rotatable bonds is 1. The van der Waals surface area contributed by atoms with E-state index in [0.717, 1.165) is 43.7 Å². The lowest BCUT2D eigenvalue weighted by atomic mass is 9.69. The molecule has 4 aliphatic rings. The van der Waals surface area contributed by atoms with Gasteiger partial charge in [0.05, 0.1) is 13.2 Å². The van der Waals surface area contributed by atoms with Gasteiger partial charge in [0, 0.05) is 28.5 Å². The molecule has 9 nitrogen and oxygen atoms in total. The molecule has 184 valence electrons. The number of ether oxygens (including phenoxy) is 1. The Hall–Kier alpha value is -3.15. The van der Waals surface area contributed by atoms with E-state index in [2.05, 4.69) is 16.7 Å². The fourth-order valence-electron chi connectivity index (χ4n) is 5.10. The van der Waals surface area contributed by atoms with Crippen LogP contribution >= 0.6 is 0 Å². The van der Waals surface area contributed by atoms with Gasteiger partial charge < -0.3 is 20.1 Å². The number of imide groups is 1. The van der Waals surface area contributed by atoms with Crippen LogP contribution < -0.4 is 15.4 Å². The lowest BCUT2D eigenvalue weighted by Gasteiger charge is -2.42. The van der Waals surface area contributed by atoms with Gasteiger partial charge in [-0.1, -0.05) is 6.07 Å². The first kappa shape index (κ1) is 24.0. The third kappa shape index (κ3) is 4.33. The number of halogens is 3. The van der Waals surface area contributed by atoms with E-state index in [1.807, 2.05) is 6.07 Å². The van der Waals surface area contributed by atoms with Crippen LogP contribution in [0.15, 0.2) is 12.1 Å². The number of carboxylic acid groups (broad SMARTS) is 1. The number of fused-ring (bicyclic) bond motifs is 4. The van der Waals surface area contributed by atoms with E-state index in [4.69, 9.17) is 14.6 Å². The predicted octanol–water partition coefficient (Wildman–Crippen LogP) is 1.48. The summed E-state index contributed by atoms with van der Waals surface area (Å²) >= 11 is 0. The number of nitrogens with one attached hydrogen (secondary N) is 2. The van der Waals surface area contributed by atoms with E-state index in [1.165, 1.54) is 5.56 Å². The minimum atomic E-state index is -5.08. The number of benzene rings is 1. The molecule has 0 aliphatic carbocycles. The molecular formula is C22H24F3N3O6. The highest BCUT2D eigenvalue weighted by molar-refractivity contribution is 6.05. The second-order valence-electron chi connectivity index (χ2n) is 8.80. The summed E-state index contributed by atoms with van der Waals surface area (Å²) in [6.07, 6.45) is -1.28. The summed E-state index contributed by atoms with van der Waals surface area (Å²) in [4.78, 5) is 47.2. The van der Waals surface area contributed by atoms with Gasteiger partial charge in [-0.05, 0) is 44.8 Å². The van der Waals surface area contributed by atoms with Crippen molar-refractivity contribution in [3.63, 3.8) is 0 Å². The molecule has 2 fully saturated rings. The molecule has 3 amide bonds. The zero-order chi connectivity index (χ0) is 24.7. The summed E-state index contributed by atoms with van der Waals surface area (Å²) in [7, 11) is 0. The zero-order valence-corrected chi connectivity index (χ0v) is 18.2. The van der Waals surface area contributed by atoms with Crippen molar-refractivity contribution >= 4 is 23.7 Å². The Labute approximate surface area is 192 Å². The topological polar surface area (TPSA) is 125 Å². The molecule has 0 bridgehead atoms. The Morgan fingerprint density at radius 1 is 1.15 bits per heavy atom. The summed E-state index contributed by atoms with van der Waals surface area (Å²) in [5.74, 6) is -2.70. The Morgan fingerprint density at radius 3 is 2.44 bits per heavy atom. The summed E-state index contributed by atoms with van der Waals surface area (Å²) < 4.78 is 37.8. The molecule has 1 spiro atoms. The summed E-state index contributed by atoms with van der Waals surface area (Å²) in [5.41, 5.74) is 2.87. The third-order valence-electron chi connectivity index (χ3n) is 6.87. The smallest absolute Gasteiger partial charge is 0.490 e. The lowest BCUT2D eigenvalue weighted by molar-refractivity contribution is -0.192. The van der Waals surface area contributed by atoms with Crippen LogP contribution in [0.5, 0.6) is 5.75 Å². The Morgan fingerprint density at radius 2 is 1.82 bits per heavy atom. The molecule has 1 atom stereocenters. The van der Waals surface area contributed by atoms with Crippen LogP contribution in [0.25, 0.3) is 0 Å². The molecule has 0 radical (unpaired) electrons. The predicted molar refractivity (Wildman–Crippen MR) is 110 cm³/mol. The number of carbonyl (C=O) groups is 4. The largest absolute Gasteiger partial charge is 0.493 e. The van der Waals surface area contributed by atoms with E-state index in [0.29, 0.717) is 25.1 Å². The maximum absolute atomic E-state index is 13.0. The monoisotopic (exact) mass is 483 g/mol. The molecule has 34 heavy (non-hydrogen) atoms. The van der Waals surface area contributed by atoms with Gasteiger partial charge in [-0.2, -0.15) is 13.2 Å². The van der Waals surface area contributed by atoms with Crippen LogP contribution in [0.4, 0.5) is 13.2 Å². The number of aliphatic carboxylic acids is 1. The lowest BCUT2D eigenvalue weighted by Crippen LogP contribution is -2.52. The van der Waals surface area contributed by atoms with Gasteiger partial charge in [0.2, 0.25) is 11.8 Å². The normalized spacial score (nSPS) is 23.3. The molecule has 1 unspecified atom stereocenters. The van der Waals surface area contributed by atoms with Gasteiger partial charge in [-0.3, -0.25) is 19.7 Å². The first-order valence-electron chi connectivity index (χ1n) is 11.0. The van der Waals surface area contributed by atoms with Crippen molar-refractivity contribution in [1.82, 2.24) is 15.5 Å². The van der Waals surface area contributed by atoms with Gasteiger partial charge in [0.25, 0.3) is 5.91 Å². The number of amides is 3. The van der Waals surface area contributed by atoms with Crippen molar-refractivity contribution in [3.05, 3.63) is 28.8 Å². The van der Waals surface area contributed by atoms with Crippen LogP contribution in [-0.4, -0.2) is 65.6 Å². The van der Waals surface area contributed by atoms with Crippen LogP contribution in [0, 0.1) is 0 Å². The molecule has 0 saturated carbocycles. The molecule has 1 aromatic carbocycles. The van der Waals surface area contributed by atoms with Crippen molar-refractivity contribution in [2.45, 2.75) is 56.3 Å². The minimum Gasteiger partial charge on any atom is -0.493 e. The van der Waals surface area contributed by atoms with Crippen LogP contribution in [0.2, 0.25) is 0 Å². The van der Waals surface area contributed by atoms with Crippen molar-refractivity contribution in [1.29, 1.82) is 0 Å². The number of carboxylic acids is 1.